The van der Waals surface area contributed by atoms with Crippen LogP contribution in [0.3, 0.4) is 0 Å². The minimum absolute atomic E-state index is 0.153. The minimum atomic E-state index is 0.153. The Balaban J connectivity index is 2.63. The normalized spacial score (nSPS) is 10.8. The average molecular weight is 252 g/mol. The molecule has 0 atom stereocenters. The molecule has 0 saturated carbocycles. The molecule has 2 nitrogen and oxygen atoms in total. The zero-order valence-electron chi connectivity index (χ0n) is 10.3. The van der Waals surface area contributed by atoms with Crippen LogP contribution in [0.5, 0.6) is 0 Å². The molecular weight excluding hydrogens is 234 g/mol. The molecule has 0 unspecified atom stereocenters. The Bertz CT molecular complexity index is 384. The summed E-state index contributed by atoms with van der Waals surface area (Å²) in [4.78, 5) is 13.7. The summed E-state index contributed by atoms with van der Waals surface area (Å²) in [6.45, 7) is 5.27. The van der Waals surface area contributed by atoms with E-state index in [2.05, 4.69) is 0 Å². The van der Waals surface area contributed by atoms with E-state index >= 15 is 0 Å². The van der Waals surface area contributed by atoms with Gasteiger partial charge in [0, 0.05) is 24.5 Å². The van der Waals surface area contributed by atoms with Crippen molar-refractivity contribution in [2.24, 2.45) is 0 Å². The number of hydrogen-bond acceptors (Lipinski definition) is 1. The van der Waals surface area contributed by atoms with Gasteiger partial charge in [-0.15, -0.1) is 0 Å². The molecule has 17 heavy (non-hydrogen) atoms. The van der Waals surface area contributed by atoms with Gasteiger partial charge in [-0.3, -0.25) is 4.79 Å². The van der Waals surface area contributed by atoms with Crippen molar-refractivity contribution in [2.75, 3.05) is 6.54 Å². The van der Waals surface area contributed by atoms with E-state index in [1.54, 1.807) is 0 Å². The highest BCUT2D eigenvalue weighted by Crippen LogP contribution is 2.12. The first-order chi connectivity index (χ1) is 8.17. The number of rotatable bonds is 5. The molecule has 0 aliphatic rings. The molecule has 0 spiro atoms. The molecule has 0 N–H and O–H groups in total. The Morgan fingerprint density at radius 3 is 2.53 bits per heavy atom. The summed E-state index contributed by atoms with van der Waals surface area (Å²) >= 11 is 5.82. The zero-order valence-corrected chi connectivity index (χ0v) is 11.1. The van der Waals surface area contributed by atoms with Crippen LogP contribution in [0.4, 0.5) is 0 Å². The summed E-state index contributed by atoms with van der Waals surface area (Å²) in [5.74, 6) is 0.153. The van der Waals surface area contributed by atoms with Crippen LogP contribution in [-0.2, 0) is 11.3 Å². The van der Waals surface area contributed by atoms with Gasteiger partial charge in [0.2, 0.25) is 5.91 Å². The number of halogens is 1. The first-order valence-electron chi connectivity index (χ1n) is 5.80. The van der Waals surface area contributed by atoms with Crippen molar-refractivity contribution in [1.29, 1.82) is 0 Å². The third-order valence-electron chi connectivity index (χ3n) is 2.55. The number of hydrogen-bond donors (Lipinski definition) is 0. The largest absolute Gasteiger partial charge is 0.338 e. The van der Waals surface area contributed by atoms with E-state index in [1.807, 2.05) is 55.2 Å². The van der Waals surface area contributed by atoms with Crippen LogP contribution in [0.25, 0.3) is 0 Å². The Kier molecular flexibility index (Phi) is 5.78. The third kappa shape index (κ3) is 4.61. The van der Waals surface area contributed by atoms with Gasteiger partial charge in [-0.05, 0) is 31.5 Å². The molecule has 1 amide bonds. The standard InChI is InChI=1S/C14H18ClNO/c1-3-5-6-14(17)16(4-2)11-12-7-9-13(15)10-8-12/h3,5,7-10H,4,6,11H2,1-2H3. The summed E-state index contributed by atoms with van der Waals surface area (Å²) in [7, 11) is 0. The van der Waals surface area contributed by atoms with Gasteiger partial charge in [0.15, 0.2) is 0 Å². The molecule has 1 aromatic carbocycles. The molecule has 3 heteroatoms. The zero-order chi connectivity index (χ0) is 12.7. The summed E-state index contributed by atoms with van der Waals surface area (Å²) < 4.78 is 0. The van der Waals surface area contributed by atoms with Crippen LogP contribution in [0, 0.1) is 0 Å². The third-order valence-corrected chi connectivity index (χ3v) is 2.80. The maximum atomic E-state index is 11.9. The second-order valence-electron chi connectivity index (χ2n) is 3.81. The number of amides is 1. The SMILES string of the molecule is CC=CCC(=O)N(CC)Cc1ccc(Cl)cc1. The second kappa shape index (κ2) is 7.13. The van der Waals surface area contributed by atoms with Crippen molar-refractivity contribution in [3.63, 3.8) is 0 Å². The molecule has 0 aromatic heterocycles. The number of benzene rings is 1. The van der Waals surface area contributed by atoms with E-state index in [9.17, 15) is 4.79 Å². The average Bonchev–Trinajstić information content (AvgIpc) is 2.35. The predicted molar refractivity (Wildman–Crippen MR) is 72.0 cm³/mol. The van der Waals surface area contributed by atoms with Gasteiger partial charge >= 0.3 is 0 Å². The number of carbonyl (C=O) groups excluding carboxylic acids is 1. The second-order valence-corrected chi connectivity index (χ2v) is 4.24. The highest BCUT2D eigenvalue weighted by molar-refractivity contribution is 6.30. The van der Waals surface area contributed by atoms with Crippen molar-refractivity contribution >= 4 is 17.5 Å². The number of allylic oxidation sites excluding steroid dienone is 1. The van der Waals surface area contributed by atoms with Crippen molar-refractivity contribution in [2.45, 2.75) is 26.8 Å². The maximum Gasteiger partial charge on any atom is 0.226 e. The first kappa shape index (κ1) is 13.8. The highest BCUT2D eigenvalue weighted by atomic mass is 35.5. The molecule has 0 bridgehead atoms. The molecule has 92 valence electrons. The molecule has 0 aliphatic carbocycles. The monoisotopic (exact) mass is 251 g/mol. The van der Waals surface area contributed by atoms with Gasteiger partial charge < -0.3 is 4.90 Å². The fourth-order valence-electron chi connectivity index (χ4n) is 1.53. The maximum absolute atomic E-state index is 11.9. The lowest BCUT2D eigenvalue weighted by Crippen LogP contribution is -2.29. The molecule has 0 radical (unpaired) electrons. The molecular formula is C14H18ClNO. The van der Waals surface area contributed by atoms with Crippen LogP contribution in [0.2, 0.25) is 5.02 Å². The van der Waals surface area contributed by atoms with Crippen LogP contribution in [0.1, 0.15) is 25.8 Å². The van der Waals surface area contributed by atoms with E-state index in [1.165, 1.54) is 0 Å². The Morgan fingerprint density at radius 1 is 1.35 bits per heavy atom. The van der Waals surface area contributed by atoms with Crippen LogP contribution in [0.15, 0.2) is 36.4 Å². The van der Waals surface area contributed by atoms with E-state index in [-0.39, 0.29) is 5.91 Å². The fourth-order valence-corrected chi connectivity index (χ4v) is 1.66. The van der Waals surface area contributed by atoms with Crippen LogP contribution >= 0.6 is 11.6 Å². The smallest absolute Gasteiger partial charge is 0.226 e. The van der Waals surface area contributed by atoms with Gasteiger partial charge in [0.05, 0.1) is 0 Å². The summed E-state index contributed by atoms with van der Waals surface area (Å²) in [6.07, 6.45) is 4.25. The predicted octanol–water partition coefficient (Wildman–Crippen LogP) is 3.65. The summed E-state index contributed by atoms with van der Waals surface area (Å²) in [5.41, 5.74) is 1.10. The van der Waals surface area contributed by atoms with Gasteiger partial charge in [0.1, 0.15) is 0 Å². The Morgan fingerprint density at radius 2 is 2.00 bits per heavy atom. The Labute approximate surface area is 108 Å². The van der Waals surface area contributed by atoms with Crippen LogP contribution in [-0.4, -0.2) is 17.4 Å². The van der Waals surface area contributed by atoms with Crippen molar-refractivity contribution in [1.82, 2.24) is 4.90 Å². The lowest BCUT2D eigenvalue weighted by molar-refractivity contribution is -0.130. The van der Waals surface area contributed by atoms with Gasteiger partial charge in [-0.25, -0.2) is 0 Å². The van der Waals surface area contributed by atoms with E-state index < -0.39 is 0 Å². The van der Waals surface area contributed by atoms with Gasteiger partial charge in [0.25, 0.3) is 0 Å². The van der Waals surface area contributed by atoms with Crippen molar-refractivity contribution in [3.8, 4) is 0 Å². The molecule has 0 heterocycles. The van der Waals surface area contributed by atoms with E-state index in [0.717, 1.165) is 17.1 Å². The topological polar surface area (TPSA) is 20.3 Å². The summed E-state index contributed by atoms with van der Waals surface area (Å²) in [5, 5.41) is 0.719. The number of carbonyl (C=O) groups is 1. The van der Waals surface area contributed by atoms with Crippen LogP contribution < -0.4 is 0 Å². The molecule has 1 aromatic rings. The Hall–Kier alpha value is -1.28. The van der Waals surface area contributed by atoms with Crippen molar-refractivity contribution < 1.29 is 4.79 Å². The highest BCUT2D eigenvalue weighted by Gasteiger charge is 2.10. The van der Waals surface area contributed by atoms with Crippen molar-refractivity contribution in [3.05, 3.63) is 47.0 Å². The number of nitrogens with zero attached hydrogens (tertiary/aromatic N) is 1. The minimum Gasteiger partial charge on any atom is -0.338 e. The summed E-state index contributed by atoms with van der Waals surface area (Å²) in [6, 6.07) is 7.60. The van der Waals surface area contributed by atoms with Gasteiger partial charge in [-0.1, -0.05) is 35.9 Å². The first-order valence-corrected chi connectivity index (χ1v) is 6.18. The molecule has 0 saturated heterocycles. The lowest BCUT2D eigenvalue weighted by atomic mass is 10.2. The van der Waals surface area contributed by atoms with E-state index in [4.69, 9.17) is 11.6 Å². The fraction of sp³-hybridized carbons (Fsp3) is 0.357. The molecule has 0 aliphatic heterocycles. The molecule has 0 fully saturated rings. The van der Waals surface area contributed by atoms with Gasteiger partial charge in [-0.2, -0.15) is 0 Å². The van der Waals surface area contributed by atoms with E-state index in [0.29, 0.717) is 13.0 Å². The quantitative estimate of drug-likeness (QED) is 0.732. The lowest BCUT2D eigenvalue weighted by Gasteiger charge is -2.20. The molecule has 1 rings (SSSR count).